The topological polar surface area (TPSA) is 88.7 Å². The van der Waals surface area contributed by atoms with Crippen molar-refractivity contribution in [1.82, 2.24) is 4.98 Å². The molecular formula is C12H18ClN3O3S. The second-order valence-electron chi connectivity index (χ2n) is 4.76. The summed E-state index contributed by atoms with van der Waals surface area (Å²) in [6.07, 6.45) is 1.55. The molecule has 0 radical (unpaired) electrons. The fourth-order valence-electron chi connectivity index (χ4n) is 2.07. The van der Waals surface area contributed by atoms with Crippen LogP contribution in [0.25, 0.3) is 0 Å². The Morgan fingerprint density at radius 2 is 2.30 bits per heavy atom. The van der Waals surface area contributed by atoms with E-state index in [1.807, 2.05) is 0 Å². The lowest BCUT2D eigenvalue weighted by molar-refractivity contribution is -0.142. The lowest BCUT2D eigenvalue weighted by atomic mass is 10.1. The average Bonchev–Trinajstić information content (AvgIpc) is 2.80. The minimum Gasteiger partial charge on any atom is -0.468 e. The van der Waals surface area contributed by atoms with Crippen LogP contribution in [0.4, 0.5) is 5.13 Å². The molecule has 1 aromatic heterocycles. The van der Waals surface area contributed by atoms with E-state index in [0.717, 1.165) is 35.9 Å². The van der Waals surface area contributed by atoms with Crippen molar-refractivity contribution in [2.75, 3.05) is 25.1 Å². The first-order valence-electron chi connectivity index (χ1n) is 6.43. The smallest absolute Gasteiger partial charge is 0.323 e. The van der Waals surface area contributed by atoms with Gasteiger partial charge in [-0.3, -0.25) is 4.79 Å². The highest BCUT2D eigenvalue weighted by Gasteiger charge is 2.23. The SMILES string of the molecule is COC(=O)C(N)Cc1sc(N2CCC(O)CC2)nc1Cl. The molecule has 0 bridgehead atoms. The number of methoxy groups -OCH3 is 1. The van der Waals surface area contributed by atoms with Crippen molar-refractivity contribution in [3.8, 4) is 0 Å². The predicted molar refractivity (Wildman–Crippen MR) is 78.3 cm³/mol. The number of rotatable bonds is 4. The van der Waals surface area contributed by atoms with Crippen LogP contribution in [0.5, 0.6) is 0 Å². The highest BCUT2D eigenvalue weighted by molar-refractivity contribution is 7.16. The van der Waals surface area contributed by atoms with Gasteiger partial charge in [0.25, 0.3) is 0 Å². The summed E-state index contributed by atoms with van der Waals surface area (Å²) in [6.45, 7) is 1.51. The third-order valence-corrected chi connectivity index (χ3v) is 4.85. The van der Waals surface area contributed by atoms with Gasteiger partial charge in [0.05, 0.1) is 13.2 Å². The van der Waals surface area contributed by atoms with Gasteiger partial charge in [-0.15, -0.1) is 11.3 Å². The maximum Gasteiger partial charge on any atom is 0.323 e. The summed E-state index contributed by atoms with van der Waals surface area (Å²) in [7, 11) is 1.31. The molecule has 1 unspecified atom stereocenters. The molecule has 1 fully saturated rings. The first kappa shape index (κ1) is 15.5. The van der Waals surface area contributed by atoms with Gasteiger partial charge in [0.2, 0.25) is 0 Å². The molecule has 1 aliphatic rings. The zero-order valence-electron chi connectivity index (χ0n) is 11.2. The molecule has 1 saturated heterocycles. The number of thiazole rings is 1. The number of anilines is 1. The molecule has 20 heavy (non-hydrogen) atoms. The Bertz CT molecular complexity index is 475. The highest BCUT2D eigenvalue weighted by atomic mass is 35.5. The van der Waals surface area contributed by atoms with E-state index in [2.05, 4.69) is 14.6 Å². The van der Waals surface area contributed by atoms with Gasteiger partial charge in [-0.1, -0.05) is 11.6 Å². The maximum atomic E-state index is 11.3. The summed E-state index contributed by atoms with van der Waals surface area (Å²) in [5.41, 5.74) is 5.73. The molecular weight excluding hydrogens is 302 g/mol. The van der Waals surface area contributed by atoms with Crippen molar-refractivity contribution in [3.05, 3.63) is 10.0 Å². The van der Waals surface area contributed by atoms with Crippen molar-refractivity contribution in [2.24, 2.45) is 5.73 Å². The molecule has 2 rings (SSSR count). The number of esters is 1. The van der Waals surface area contributed by atoms with E-state index in [0.29, 0.717) is 11.6 Å². The summed E-state index contributed by atoms with van der Waals surface area (Å²) in [4.78, 5) is 18.5. The van der Waals surface area contributed by atoms with Crippen LogP contribution in [0.2, 0.25) is 5.15 Å². The van der Waals surface area contributed by atoms with Gasteiger partial charge >= 0.3 is 5.97 Å². The Hall–Kier alpha value is -0.890. The first-order chi connectivity index (χ1) is 9.51. The van der Waals surface area contributed by atoms with E-state index in [4.69, 9.17) is 17.3 Å². The number of aromatic nitrogens is 1. The van der Waals surface area contributed by atoms with Crippen LogP contribution in [0.15, 0.2) is 0 Å². The third-order valence-electron chi connectivity index (χ3n) is 3.28. The molecule has 1 atom stereocenters. The fraction of sp³-hybridized carbons (Fsp3) is 0.667. The van der Waals surface area contributed by atoms with Crippen molar-refractivity contribution in [1.29, 1.82) is 0 Å². The van der Waals surface area contributed by atoms with Gasteiger partial charge in [-0.25, -0.2) is 4.98 Å². The van der Waals surface area contributed by atoms with E-state index in [-0.39, 0.29) is 6.10 Å². The number of hydrogen-bond donors (Lipinski definition) is 2. The van der Waals surface area contributed by atoms with Crippen molar-refractivity contribution in [2.45, 2.75) is 31.4 Å². The van der Waals surface area contributed by atoms with Gasteiger partial charge in [0.15, 0.2) is 5.13 Å². The van der Waals surface area contributed by atoms with Crippen LogP contribution in [0.3, 0.4) is 0 Å². The van der Waals surface area contributed by atoms with Gasteiger partial charge in [-0.2, -0.15) is 0 Å². The summed E-state index contributed by atoms with van der Waals surface area (Å²) >= 11 is 7.54. The number of piperidine rings is 1. The number of hydrogen-bond acceptors (Lipinski definition) is 7. The van der Waals surface area contributed by atoms with Crippen molar-refractivity contribution >= 4 is 34.0 Å². The van der Waals surface area contributed by atoms with Gasteiger partial charge < -0.3 is 20.5 Å². The number of carbonyl (C=O) groups excluding carboxylic acids is 1. The standard InChI is InChI=1S/C12H18ClN3O3S/c1-19-11(18)8(14)6-9-10(13)15-12(20-9)16-4-2-7(17)3-5-16/h7-8,17H,2-6,14H2,1H3. The average molecular weight is 320 g/mol. The highest BCUT2D eigenvalue weighted by Crippen LogP contribution is 2.32. The molecule has 0 amide bonds. The van der Waals surface area contributed by atoms with E-state index < -0.39 is 12.0 Å². The second kappa shape index (κ2) is 6.71. The van der Waals surface area contributed by atoms with Gasteiger partial charge in [0.1, 0.15) is 11.2 Å². The lowest BCUT2D eigenvalue weighted by Crippen LogP contribution is -2.35. The Labute approximate surface area is 126 Å². The summed E-state index contributed by atoms with van der Waals surface area (Å²) < 4.78 is 4.60. The molecule has 112 valence electrons. The number of aliphatic hydroxyl groups excluding tert-OH is 1. The molecule has 0 saturated carbocycles. The number of aliphatic hydroxyl groups is 1. The minimum absolute atomic E-state index is 0.228. The molecule has 0 aliphatic carbocycles. The molecule has 3 N–H and O–H groups in total. The molecule has 0 spiro atoms. The molecule has 1 aromatic rings. The third kappa shape index (κ3) is 3.60. The lowest BCUT2D eigenvalue weighted by Gasteiger charge is -2.29. The van der Waals surface area contributed by atoms with E-state index in [9.17, 15) is 9.90 Å². The number of carbonyl (C=O) groups is 1. The molecule has 2 heterocycles. The summed E-state index contributed by atoms with van der Waals surface area (Å²) in [5.74, 6) is -0.461. The fourth-order valence-corrected chi connectivity index (χ4v) is 3.46. The number of ether oxygens (including phenoxy) is 1. The molecule has 6 nitrogen and oxygen atoms in total. The van der Waals surface area contributed by atoms with Crippen LogP contribution in [0.1, 0.15) is 17.7 Å². The molecule has 1 aliphatic heterocycles. The Morgan fingerprint density at radius 1 is 1.65 bits per heavy atom. The number of nitrogens with zero attached hydrogens (tertiary/aromatic N) is 2. The maximum absolute atomic E-state index is 11.3. The number of halogens is 1. The van der Waals surface area contributed by atoms with E-state index >= 15 is 0 Å². The predicted octanol–water partition coefficient (Wildman–Crippen LogP) is 0.800. The Balaban J connectivity index is 2.04. The van der Waals surface area contributed by atoms with Crippen LogP contribution in [-0.2, 0) is 16.0 Å². The van der Waals surface area contributed by atoms with Crippen LogP contribution in [0, 0.1) is 0 Å². The Morgan fingerprint density at radius 3 is 2.90 bits per heavy atom. The van der Waals surface area contributed by atoms with Crippen LogP contribution >= 0.6 is 22.9 Å². The first-order valence-corrected chi connectivity index (χ1v) is 7.62. The van der Waals surface area contributed by atoms with Gasteiger partial charge in [-0.05, 0) is 12.8 Å². The normalized spacial score (nSPS) is 18.1. The van der Waals surface area contributed by atoms with Crippen molar-refractivity contribution < 1.29 is 14.6 Å². The summed E-state index contributed by atoms with van der Waals surface area (Å²) in [6, 6.07) is -0.728. The van der Waals surface area contributed by atoms with Gasteiger partial charge in [0, 0.05) is 24.4 Å². The Kier molecular flexibility index (Phi) is 5.20. The zero-order chi connectivity index (χ0) is 14.7. The van der Waals surface area contributed by atoms with Crippen molar-refractivity contribution in [3.63, 3.8) is 0 Å². The van der Waals surface area contributed by atoms with E-state index in [1.54, 1.807) is 0 Å². The van der Waals surface area contributed by atoms with E-state index in [1.165, 1.54) is 18.4 Å². The quantitative estimate of drug-likeness (QED) is 0.798. The molecule has 0 aromatic carbocycles. The monoisotopic (exact) mass is 319 g/mol. The minimum atomic E-state index is -0.728. The molecule has 8 heteroatoms. The summed E-state index contributed by atoms with van der Waals surface area (Å²) in [5, 5.41) is 10.7. The van der Waals surface area contributed by atoms with Crippen LogP contribution < -0.4 is 10.6 Å². The second-order valence-corrected chi connectivity index (χ2v) is 6.18. The largest absolute Gasteiger partial charge is 0.468 e. The zero-order valence-corrected chi connectivity index (χ0v) is 12.8. The van der Waals surface area contributed by atoms with Crippen LogP contribution in [-0.4, -0.2) is 48.4 Å². The number of nitrogens with two attached hydrogens (primary N) is 1.